The Morgan fingerprint density at radius 2 is 1.66 bits per heavy atom. The van der Waals surface area contributed by atoms with Crippen molar-refractivity contribution in [1.82, 2.24) is 10.6 Å². The van der Waals surface area contributed by atoms with Crippen molar-refractivity contribution in [2.75, 3.05) is 32.9 Å². The maximum atomic E-state index is 11.1. The number of carbonyl (C=O) groups excluding carboxylic acids is 1. The Kier molecular flexibility index (Phi) is 8.72. The molecule has 1 fully saturated rings. The van der Waals surface area contributed by atoms with Crippen LogP contribution in [0.2, 0.25) is 5.02 Å². The fourth-order valence-corrected chi connectivity index (χ4v) is 5.47. The van der Waals surface area contributed by atoms with E-state index in [9.17, 15) is 4.79 Å². The van der Waals surface area contributed by atoms with Crippen LogP contribution in [0.1, 0.15) is 38.2 Å². The van der Waals surface area contributed by atoms with Crippen LogP contribution in [0.25, 0.3) is 22.3 Å². The van der Waals surface area contributed by atoms with Crippen molar-refractivity contribution in [3.63, 3.8) is 0 Å². The monoisotopic (exact) mass is 534 g/mol. The minimum atomic E-state index is -0.0212. The average Bonchev–Trinajstić information content (AvgIpc) is 3.46. The molecule has 0 unspecified atom stereocenters. The number of ether oxygens (including phenoxy) is 3. The van der Waals surface area contributed by atoms with Gasteiger partial charge in [0, 0.05) is 43.2 Å². The van der Waals surface area contributed by atoms with Crippen molar-refractivity contribution < 1.29 is 19.0 Å². The Bertz CT molecular complexity index is 1270. The van der Waals surface area contributed by atoms with Gasteiger partial charge in [-0.15, -0.1) is 0 Å². The van der Waals surface area contributed by atoms with Crippen LogP contribution in [-0.2, 0) is 11.3 Å². The third-order valence-corrected chi connectivity index (χ3v) is 7.58. The smallest absolute Gasteiger partial charge is 0.216 e. The number of benzene rings is 3. The van der Waals surface area contributed by atoms with E-state index in [1.807, 2.05) is 36.4 Å². The summed E-state index contributed by atoms with van der Waals surface area (Å²) in [5.41, 5.74) is 4.98. The van der Waals surface area contributed by atoms with Crippen molar-refractivity contribution in [3.05, 3.63) is 65.2 Å². The summed E-state index contributed by atoms with van der Waals surface area (Å²) >= 11 is 7.02. The molecule has 2 N–H and O–H groups in total. The van der Waals surface area contributed by atoms with Gasteiger partial charge < -0.3 is 24.8 Å². The normalized spacial score (nSPS) is 14.9. The largest absolute Gasteiger partial charge is 0.493 e. The molecule has 2 aliphatic rings. The molecule has 0 radical (unpaired) electrons. The molecule has 5 rings (SSSR count). The number of amides is 1. The van der Waals surface area contributed by atoms with Crippen molar-refractivity contribution in [2.45, 2.75) is 39.2 Å². The number of nitrogens with one attached hydrogen (secondary N) is 2. The Morgan fingerprint density at radius 3 is 2.42 bits per heavy atom. The van der Waals surface area contributed by atoms with E-state index in [1.54, 1.807) is 0 Å². The van der Waals surface area contributed by atoms with E-state index in [-0.39, 0.29) is 5.91 Å². The maximum Gasteiger partial charge on any atom is 0.216 e. The number of rotatable bonds is 10. The van der Waals surface area contributed by atoms with Gasteiger partial charge in [-0.1, -0.05) is 60.8 Å². The first-order chi connectivity index (χ1) is 18.6. The number of carbonyl (C=O) groups is 1. The quantitative estimate of drug-likeness (QED) is 0.301. The van der Waals surface area contributed by atoms with Crippen LogP contribution in [0.4, 0.5) is 0 Å². The molecule has 0 bridgehead atoms. The Hall–Kier alpha value is -3.22. The lowest BCUT2D eigenvalue weighted by Crippen LogP contribution is -2.30. The van der Waals surface area contributed by atoms with Crippen LogP contribution in [0.15, 0.2) is 54.6 Å². The molecule has 0 atom stereocenters. The minimum absolute atomic E-state index is 0.0212. The molecule has 1 aliphatic carbocycles. The van der Waals surface area contributed by atoms with Crippen LogP contribution in [0.5, 0.6) is 17.2 Å². The average molecular weight is 535 g/mol. The molecule has 1 aliphatic heterocycles. The second-order valence-electron chi connectivity index (χ2n) is 9.97. The topological polar surface area (TPSA) is 68.8 Å². The molecule has 0 spiro atoms. The molecule has 7 heteroatoms. The zero-order valence-electron chi connectivity index (χ0n) is 21.9. The van der Waals surface area contributed by atoms with E-state index in [2.05, 4.69) is 28.8 Å². The van der Waals surface area contributed by atoms with Gasteiger partial charge in [0.05, 0.1) is 11.6 Å². The second kappa shape index (κ2) is 12.5. The standard InChI is InChI=1S/C31H35ClN2O4/c1-21(35)34-14-13-33-19-25-10-9-23(17-29(25)38-20-22-5-2-3-6-22)26-7-4-8-27(31(26)32)24-11-12-28-30(18-24)37-16-15-36-28/h4,7-12,17-18,22,33H,2-3,5-6,13-16,19-20H2,1H3,(H,34,35). The van der Waals surface area contributed by atoms with Gasteiger partial charge in [0.25, 0.3) is 0 Å². The predicted octanol–water partition coefficient (Wildman–Crippen LogP) is 6.24. The number of hydrogen-bond acceptors (Lipinski definition) is 5. The minimum Gasteiger partial charge on any atom is -0.493 e. The summed E-state index contributed by atoms with van der Waals surface area (Å²) in [4.78, 5) is 11.1. The van der Waals surface area contributed by atoms with Crippen molar-refractivity contribution in [2.24, 2.45) is 5.92 Å². The second-order valence-corrected chi connectivity index (χ2v) is 10.3. The first-order valence-corrected chi connectivity index (χ1v) is 13.9. The van der Waals surface area contributed by atoms with Crippen LogP contribution < -0.4 is 24.8 Å². The highest BCUT2D eigenvalue weighted by molar-refractivity contribution is 6.36. The molecule has 0 aromatic heterocycles. The lowest BCUT2D eigenvalue weighted by molar-refractivity contribution is -0.118. The summed E-state index contributed by atoms with van der Waals surface area (Å²) < 4.78 is 17.9. The highest BCUT2D eigenvalue weighted by Crippen LogP contribution is 2.41. The van der Waals surface area contributed by atoms with Crippen LogP contribution in [0, 0.1) is 5.92 Å². The molecule has 6 nitrogen and oxygen atoms in total. The SMILES string of the molecule is CC(=O)NCCNCc1ccc(-c2cccc(-c3ccc4c(c3)OCCO4)c2Cl)cc1OCC1CCCC1. The summed E-state index contributed by atoms with van der Waals surface area (Å²) in [6.07, 6.45) is 5.03. The van der Waals surface area contributed by atoms with Gasteiger partial charge in [-0.2, -0.15) is 0 Å². The third-order valence-electron chi connectivity index (χ3n) is 7.17. The lowest BCUT2D eigenvalue weighted by Gasteiger charge is -2.20. The fraction of sp³-hybridized carbons (Fsp3) is 0.387. The van der Waals surface area contributed by atoms with E-state index < -0.39 is 0 Å². The fourth-order valence-electron chi connectivity index (χ4n) is 5.13. The lowest BCUT2D eigenvalue weighted by atomic mass is 9.97. The van der Waals surface area contributed by atoms with E-state index in [0.29, 0.717) is 43.8 Å². The molecule has 1 amide bonds. The summed E-state index contributed by atoms with van der Waals surface area (Å²) in [5.74, 6) is 2.97. The molecule has 3 aromatic carbocycles. The first kappa shape index (κ1) is 26.4. The predicted molar refractivity (Wildman–Crippen MR) is 151 cm³/mol. The van der Waals surface area contributed by atoms with Crippen LogP contribution in [0.3, 0.4) is 0 Å². The number of hydrogen-bond donors (Lipinski definition) is 2. The molecule has 200 valence electrons. The van der Waals surface area contributed by atoms with Gasteiger partial charge in [0.15, 0.2) is 11.5 Å². The van der Waals surface area contributed by atoms with Gasteiger partial charge in [-0.25, -0.2) is 0 Å². The maximum absolute atomic E-state index is 11.1. The summed E-state index contributed by atoms with van der Waals surface area (Å²) in [6, 6.07) is 18.4. The molecular formula is C31H35ClN2O4. The van der Waals surface area contributed by atoms with Crippen molar-refractivity contribution in [1.29, 1.82) is 0 Å². The highest BCUT2D eigenvalue weighted by atomic mass is 35.5. The Morgan fingerprint density at radius 1 is 0.947 bits per heavy atom. The van der Waals surface area contributed by atoms with Crippen LogP contribution in [-0.4, -0.2) is 38.8 Å². The molecule has 0 saturated heterocycles. The first-order valence-electron chi connectivity index (χ1n) is 13.5. The van der Waals surface area contributed by atoms with Crippen LogP contribution >= 0.6 is 11.6 Å². The van der Waals surface area contributed by atoms with Crippen molar-refractivity contribution >= 4 is 17.5 Å². The summed E-state index contributed by atoms with van der Waals surface area (Å²) in [5, 5.41) is 6.91. The zero-order valence-corrected chi connectivity index (χ0v) is 22.6. The molecule has 3 aromatic rings. The van der Waals surface area contributed by atoms with Gasteiger partial charge >= 0.3 is 0 Å². The molecule has 1 saturated carbocycles. The van der Waals surface area contributed by atoms with E-state index in [0.717, 1.165) is 51.7 Å². The van der Waals surface area contributed by atoms with Gasteiger partial charge in [0.2, 0.25) is 5.91 Å². The Balaban J connectivity index is 1.39. The molecule has 38 heavy (non-hydrogen) atoms. The summed E-state index contributed by atoms with van der Waals surface area (Å²) in [6.45, 7) is 5.30. The van der Waals surface area contributed by atoms with Gasteiger partial charge in [0.1, 0.15) is 19.0 Å². The number of halogens is 1. The molecule has 1 heterocycles. The highest BCUT2D eigenvalue weighted by Gasteiger charge is 2.18. The van der Waals surface area contributed by atoms with E-state index in [1.165, 1.54) is 32.6 Å². The number of fused-ring (bicyclic) bond motifs is 1. The van der Waals surface area contributed by atoms with E-state index in [4.69, 9.17) is 25.8 Å². The molecular weight excluding hydrogens is 500 g/mol. The summed E-state index contributed by atoms with van der Waals surface area (Å²) in [7, 11) is 0. The third kappa shape index (κ3) is 6.43. The van der Waals surface area contributed by atoms with Gasteiger partial charge in [-0.3, -0.25) is 4.79 Å². The Labute approximate surface area is 229 Å². The van der Waals surface area contributed by atoms with E-state index >= 15 is 0 Å². The van der Waals surface area contributed by atoms with Gasteiger partial charge in [-0.05, 0) is 48.1 Å². The van der Waals surface area contributed by atoms with Crippen molar-refractivity contribution in [3.8, 4) is 39.5 Å². The zero-order chi connectivity index (χ0) is 26.3.